The SMILES string of the molecule is CCN(CC(=O)O)C1CC(NC(=O)NC2CCOC(c3cccs3)C2)C1. The number of likely N-dealkylation sites (N-methyl/N-ethyl adjacent to an activating group) is 1. The first-order valence-corrected chi connectivity index (χ1v) is 10.1. The van der Waals surface area contributed by atoms with Crippen molar-refractivity contribution in [2.24, 2.45) is 0 Å². The van der Waals surface area contributed by atoms with Crippen LogP contribution in [0, 0.1) is 0 Å². The summed E-state index contributed by atoms with van der Waals surface area (Å²) >= 11 is 1.68. The first kappa shape index (κ1) is 19.1. The lowest BCUT2D eigenvalue weighted by Crippen LogP contribution is -2.57. The smallest absolute Gasteiger partial charge is 0.317 e. The third-order valence-electron chi connectivity index (χ3n) is 5.19. The molecule has 26 heavy (non-hydrogen) atoms. The molecule has 2 heterocycles. The van der Waals surface area contributed by atoms with Gasteiger partial charge in [-0.15, -0.1) is 11.3 Å². The van der Waals surface area contributed by atoms with Crippen LogP contribution in [0.4, 0.5) is 4.79 Å². The Labute approximate surface area is 157 Å². The molecule has 2 atom stereocenters. The molecule has 1 aliphatic carbocycles. The summed E-state index contributed by atoms with van der Waals surface area (Å²) < 4.78 is 5.82. The number of aliphatic carboxylic acids is 1. The van der Waals surface area contributed by atoms with Gasteiger partial charge in [0.05, 0.1) is 12.6 Å². The van der Waals surface area contributed by atoms with Gasteiger partial charge < -0.3 is 20.5 Å². The Morgan fingerprint density at radius 3 is 2.73 bits per heavy atom. The minimum absolute atomic E-state index is 0.0618. The van der Waals surface area contributed by atoms with Crippen molar-refractivity contribution in [1.29, 1.82) is 0 Å². The fraction of sp³-hybridized carbons (Fsp3) is 0.667. The molecule has 0 aromatic carbocycles. The Kier molecular flexibility index (Phi) is 6.50. The van der Waals surface area contributed by atoms with E-state index in [0.717, 1.165) is 25.7 Å². The number of nitrogens with one attached hydrogen (secondary N) is 2. The number of urea groups is 1. The number of hydrogen-bond acceptors (Lipinski definition) is 5. The molecule has 1 aromatic rings. The Bertz CT molecular complexity index is 604. The van der Waals surface area contributed by atoms with Crippen LogP contribution in [-0.2, 0) is 9.53 Å². The van der Waals surface area contributed by atoms with E-state index in [1.54, 1.807) is 11.3 Å². The molecule has 0 spiro atoms. The highest BCUT2D eigenvalue weighted by molar-refractivity contribution is 7.10. The van der Waals surface area contributed by atoms with Crippen molar-refractivity contribution in [3.05, 3.63) is 22.4 Å². The van der Waals surface area contributed by atoms with Crippen LogP contribution in [0.3, 0.4) is 0 Å². The molecule has 3 N–H and O–H groups in total. The van der Waals surface area contributed by atoms with E-state index in [9.17, 15) is 9.59 Å². The minimum Gasteiger partial charge on any atom is -0.480 e. The number of nitrogens with zero attached hydrogens (tertiary/aromatic N) is 1. The Morgan fingerprint density at radius 1 is 1.31 bits per heavy atom. The van der Waals surface area contributed by atoms with Gasteiger partial charge in [-0.1, -0.05) is 13.0 Å². The van der Waals surface area contributed by atoms with Gasteiger partial charge in [0.15, 0.2) is 0 Å². The molecule has 144 valence electrons. The molecule has 7 nitrogen and oxygen atoms in total. The van der Waals surface area contributed by atoms with Crippen LogP contribution in [0.1, 0.15) is 43.6 Å². The maximum atomic E-state index is 12.3. The van der Waals surface area contributed by atoms with Gasteiger partial charge in [-0.2, -0.15) is 0 Å². The van der Waals surface area contributed by atoms with Crippen LogP contribution in [-0.4, -0.2) is 59.8 Å². The maximum absolute atomic E-state index is 12.3. The zero-order valence-electron chi connectivity index (χ0n) is 15.0. The molecular formula is C18H27N3O4S. The van der Waals surface area contributed by atoms with Crippen molar-refractivity contribution in [1.82, 2.24) is 15.5 Å². The van der Waals surface area contributed by atoms with Crippen LogP contribution in [0.5, 0.6) is 0 Å². The number of carbonyl (C=O) groups is 2. The monoisotopic (exact) mass is 381 g/mol. The first-order chi connectivity index (χ1) is 12.5. The average molecular weight is 381 g/mol. The largest absolute Gasteiger partial charge is 0.480 e. The number of hydrogen-bond donors (Lipinski definition) is 3. The molecule has 1 saturated carbocycles. The predicted octanol–water partition coefficient (Wildman–Crippen LogP) is 2.20. The van der Waals surface area contributed by atoms with Gasteiger partial charge in [-0.25, -0.2) is 4.79 Å². The molecule has 3 rings (SSSR count). The average Bonchev–Trinajstić information content (AvgIpc) is 3.10. The molecule has 2 unspecified atom stereocenters. The lowest BCUT2D eigenvalue weighted by molar-refractivity contribution is -0.139. The van der Waals surface area contributed by atoms with Crippen molar-refractivity contribution in [3.63, 3.8) is 0 Å². The Balaban J connectivity index is 1.39. The van der Waals surface area contributed by atoms with Gasteiger partial charge in [0.2, 0.25) is 0 Å². The molecule has 8 heteroatoms. The molecule has 2 fully saturated rings. The van der Waals surface area contributed by atoms with Crippen LogP contribution >= 0.6 is 11.3 Å². The summed E-state index contributed by atoms with van der Waals surface area (Å²) in [4.78, 5) is 26.3. The Morgan fingerprint density at radius 2 is 2.08 bits per heavy atom. The summed E-state index contributed by atoms with van der Waals surface area (Å²) in [6.07, 6.45) is 3.30. The van der Waals surface area contributed by atoms with Crippen molar-refractivity contribution >= 4 is 23.3 Å². The van der Waals surface area contributed by atoms with Gasteiger partial charge in [0.1, 0.15) is 0 Å². The first-order valence-electron chi connectivity index (χ1n) is 9.23. The second kappa shape index (κ2) is 8.83. The van der Waals surface area contributed by atoms with E-state index in [-0.39, 0.29) is 36.8 Å². The van der Waals surface area contributed by atoms with Crippen LogP contribution in [0.2, 0.25) is 0 Å². The highest BCUT2D eigenvalue weighted by Crippen LogP contribution is 2.31. The zero-order chi connectivity index (χ0) is 18.5. The summed E-state index contributed by atoms with van der Waals surface area (Å²) in [5, 5.41) is 17.1. The van der Waals surface area contributed by atoms with Gasteiger partial charge in [0.25, 0.3) is 0 Å². The standard InChI is InChI=1S/C18H27N3O4S/c1-2-21(11-17(22)23)14-8-13(9-14)20-18(24)19-12-5-6-25-15(10-12)16-4-3-7-26-16/h3-4,7,12-15H,2,5-6,8-11H2,1H3,(H,22,23)(H2,19,20,24). The Hall–Kier alpha value is -1.64. The fourth-order valence-electron chi connectivity index (χ4n) is 3.69. The summed E-state index contributed by atoms with van der Waals surface area (Å²) in [6.45, 7) is 3.39. The summed E-state index contributed by atoms with van der Waals surface area (Å²) in [7, 11) is 0. The number of amides is 2. The second-order valence-electron chi connectivity index (χ2n) is 6.99. The van der Waals surface area contributed by atoms with E-state index < -0.39 is 5.97 Å². The minimum atomic E-state index is -0.805. The number of rotatable bonds is 7. The van der Waals surface area contributed by atoms with Crippen LogP contribution in [0.15, 0.2) is 17.5 Å². The van der Waals surface area contributed by atoms with Gasteiger partial charge >= 0.3 is 12.0 Å². The van der Waals surface area contributed by atoms with Crippen molar-refractivity contribution < 1.29 is 19.4 Å². The molecular weight excluding hydrogens is 354 g/mol. The third kappa shape index (κ3) is 4.96. The number of ether oxygens (including phenoxy) is 1. The summed E-state index contributed by atoms with van der Waals surface area (Å²) in [6, 6.07) is 4.44. The highest BCUT2D eigenvalue weighted by Gasteiger charge is 2.35. The lowest BCUT2D eigenvalue weighted by Gasteiger charge is -2.42. The molecule has 0 bridgehead atoms. The van der Waals surface area contributed by atoms with Crippen molar-refractivity contribution in [3.8, 4) is 0 Å². The van der Waals surface area contributed by atoms with E-state index >= 15 is 0 Å². The van der Waals surface area contributed by atoms with Gasteiger partial charge in [-0.3, -0.25) is 9.69 Å². The molecule has 2 amide bonds. The van der Waals surface area contributed by atoms with Gasteiger partial charge in [0, 0.05) is 29.6 Å². The summed E-state index contributed by atoms with van der Waals surface area (Å²) in [5.74, 6) is -0.805. The van der Waals surface area contributed by atoms with Crippen LogP contribution < -0.4 is 10.6 Å². The molecule has 2 aliphatic rings. The molecule has 1 aliphatic heterocycles. The fourth-order valence-corrected chi connectivity index (χ4v) is 4.48. The highest BCUT2D eigenvalue weighted by atomic mass is 32.1. The van der Waals surface area contributed by atoms with Crippen molar-refractivity contribution in [2.45, 2.75) is 56.8 Å². The van der Waals surface area contributed by atoms with E-state index in [2.05, 4.69) is 16.7 Å². The van der Waals surface area contributed by atoms with E-state index in [1.165, 1.54) is 4.88 Å². The second-order valence-corrected chi connectivity index (χ2v) is 7.97. The number of carbonyl (C=O) groups excluding carboxylic acids is 1. The number of thiophene rings is 1. The van der Waals surface area contributed by atoms with E-state index in [4.69, 9.17) is 9.84 Å². The maximum Gasteiger partial charge on any atom is 0.317 e. The normalized spacial score (nSPS) is 28.4. The molecule has 1 aromatic heterocycles. The third-order valence-corrected chi connectivity index (χ3v) is 6.15. The molecule has 1 saturated heterocycles. The predicted molar refractivity (Wildman–Crippen MR) is 99.4 cm³/mol. The van der Waals surface area contributed by atoms with E-state index in [1.807, 2.05) is 23.3 Å². The zero-order valence-corrected chi connectivity index (χ0v) is 15.8. The van der Waals surface area contributed by atoms with Gasteiger partial charge in [-0.05, 0) is 43.7 Å². The molecule has 0 radical (unpaired) electrons. The summed E-state index contributed by atoms with van der Waals surface area (Å²) in [5.41, 5.74) is 0. The quantitative estimate of drug-likeness (QED) is 0.674. The number of carboxylic acids is 1. The lowest BCUT2D eigenvalue weighted by atomic mass is 9.85. The number of carboxylic acid groups (broad SMARTS) is 1. The van der Waals surface area contributed by atoms with Crippen molar-refractivity contribution in [2.75, 3.05) is 19.7 Å². The van der Waals surface area contributed by atoms with E-state index in [0.29, 0.717) is 13.2 Å². The topological polar surface area (TPSA) is 90.9 Å². The van der Waals surface area contributed by atoms with Crippen LogP contribution in [0.25, 0.3) is 0 Å².